The summed E-state index contributed by atoms with van der Waals surface area (Å²) in [5.74, 6) is -0.777. The molecule has 17 heavy (non-hydrogen) atoms. The number of aliphatic carboxylic acids is 1. The van der Waals surface area contributed by atoms with E-state index < -0.39 is 5.97 Å². The van der Waals surface area contributed by atoms with Crippen LogP contribution in [0.4, 0.5) is 5.69 Å². The van der Waals surface area contributed by atoms with E-state index in [9.17, 15) is 4.79 Å². The number of hydrogen-bond donors (Lipinski definition) is 1. The quantitative estimate of drug-likeness (QED) is 0.847. The van der Waals surface area contributed by atoms with Gasteiger partial charge in [-0.1, -0.05) is 12.1 Å². The molecule has 1 aromatic rings. The Labute approximate surface area is 102 Å². The van der Waals surface area contributed by atoms with Crippen molar-refractivity contribution in [3.05, 3.63) is 29.8 Å². The van der Waals surface area contributed by atoms with Gasteiger partial charge in [-0.2, -0.15) is 0 Å². The molecule has 1 atom stereocenters. The van der Waals surface area contributed by atoms with Crippen molar-refractivity contribution in [3.8, 4) is 0 Å². The van der Waals surface area contributed by atoms with E-state index in [1.807, 2.05) is 62.3 Å². The predicted molar refractivity (Wildman–Crippen MR) is 69.4 cm³/mol. The van der Waals surface area contributed by atoms with Gasteiger partial charge in [-0.15, -0.1) is 0 Å². The van der Waals surface area contributed by atoms with Crippen LogP contribution < -0.4 is 4.90 Å². The van der Waals surface area contributed by atoms with Gasteiger partial charge in [0.25, 0.3) is 0 Å². The Bertz CT molecular complexity index is 372. The van der Waals surface area contributed by atoms with Gasteiger partial charge in [-0.05, 0) is 31.8 Å². The summed E-state index contributed by atoms with van der Waals surface area (Å²) in [5, 5.41) is 8.90. The van der Waals surface area contributed by atoms with E-state index in [1.165, 1.54) is 0 Å². The Morgan fingerprint density at radius 1 is 1.18 bits per heavy atom. The molecule has 4 nitrogen and oxygen atoms in total. The van der Waals surface area contributed by atoms with Crippen molar-refractivity contribution >= 4 is 11.7 Å². The third-order valence-electron chi connectivity index (χ3n) is 2.79. The zero-order chi connectivity index (χ0) is 13.0. The van der Waals surface area contributed by atoms with Crippen LogP contribution in [-0.4, -0.2) is 44.2 Å². The molecule has 0 heterocycles. The second kappa shape index (κ2) is 5.68. The molecule has 94 valence electrons. The molecule has 0 spiro atoms. The molecule has 0 radical (unpaired) electrons. The number of hydrogen-bond acceptors (Lipinski definition) is 3. The average Bonchev–Trinajstić information content (AvgIpc) is 2.25. The zero-order valence-electron chi connectivity index (χ0n) is 10.8. The van der Waals surface area contributed by atoms with Gasteiger partial charge in [0.05, 0.1) is 6.42 Å². The summed E-state index contributed by atoms with van der Waals surface area (Å²) in [5.41, 5.74) is 2.14. The largest absolute Gasteiger partial charge is 0.481 e. The highest BCUT2D eigenvalue weighted by molar-refractivity contribution is 5.68. The fourth-order valence-electron chi connectivity index (χ4n) is 1.76. The molecule has 0 bridgehead atoms. The van der Waals surface area contributed by atoms with E-state index in [4.69, 9.17) is 5.11 Å². The van der Waals surface area contributed by atoms with Crippen LogP contribution in [0.3, 0.4) is 0 Å². The van der Waals surface area contributed by atoms with Crippen molar-refractivity contribution in [1.82, 2.24) is 4.90 Å². The first-order valence-corrected chi connectivity index (χ1v) is 5.57. The van der Waals surface area contributed by atoms with Gasteiger partial charge in [-0.3, -0.25) is 4.79 Å². The van der Waals surface area contributed by atoms with E-state index in [0.29, 0.717) is 0 Å². The van der Waals surface area contributed by atoms with E-state index >= 15 is 0 Å². The number of carboxylic acids is 1. The minimum Gasteiger partial charge on any atom is -0.481 e. The SMILES string of the molecule is CN(C)c1ccc(C(CC(=O)O)N(C)C)cc1. The molecule has 0 saturated carbocycles. The average molecular weight is 236 g/mol. The second-order valence-electron chi connectivity index (χ2n) is 4.56. The van der Waals surface area contributed by atoms with E-state index in [0.717, 1.165) is 11.3 Å². The van der Waals surface area contributed by atoms with Crippen molar-refractivity contribution in [2.45, 2.75) is 12.5 Å². The number of carboxylic acid groups (broad SMARTS) is 1. The van der Waals surface area contributed by atoms with E-state index in [-0.39, 0.29) is 12.5 Å². The lowest BCUT2D eigenvalue weighted by Gasteiger charge is -2.23. The molecule has 0 fully saturated rings. The number of benzene rings is 1. The summed E-state index contributed by atoms with van der Waals surface area (Å²) in [6, 6.07) is 7.91. The first-order chi connectivity index (χ1) is 7.91. The topological polar surface area (TPSA) is 43.8 Å². The van der Waals surface area contributed by atoms with Crippen LogP contribution in [0.15, 0.2) is 24.3 Å². The maximum Gasteiger partial charge on any atom is 0.305 e. The van der Waals surface area contributed by atoms with E-state index in [2.05, 4.69) is 0 Å². The van der Waals surface area contributed by atoms with Crippen LogP contribution >= 0.6 is 0 Å². The fourth-order valence-corrected chi connectivity index (χ4v) is 1.76. The summed E-state index contributed by atoms with van der Waals surface area (Å²) in [4.78, 5) is 14.8. The number of carbonyl (C=O) groups is 1. The first kappa shape index (κ1) is 13.5. The van der Waals surface area contributed by atoms with Gasteiger partial charge >= 0.3 is 5.97 Å². The van der Waals surface area contributed by atoms with Gasteiger partial charge in [0.1, 0.15) is 0 Å². The Morgan fingerprint density at radius 2 is 1.71 bits per heavy atom. The van der Waals surface area contributed by atoms with Crippen molar-refractivity contribution in [1.29, 1.82) is 0 Å². The normalized spacial score (nSPS) is 12.5. The summed E-state index contributed by atoms with van der Waals surface area (Å²) in [6.07, 6.45) is 0.119. The van der Waals surface area contributed by atoms with Crippen molar-refractivity contribution < 1.29 is 9.90 Å². The Balaban J connectivity index is 2.91. The molecule has 0 aromatic heterocycles. The molecule has 0 aliphatic carbocycles. The molecule has 4 heteroatoms. The second-order valence-corrected chi connectivity index (χ2v) is 4.56. The highest BCUT2D eigenvalue weighted by atomic mass is 16.4. The number of rotatable bonds is 5. The molecule has 0 saturated heterocycles. The maximum atomic E-state index is 10.8. The third kappa shape index (κ3) is 3.75. The number of anilines is 1. The molecule has 1 unspecified atom stereocenters. The smallest absolute Gasteiger partial charge is 0.305 e. The minimum absolute atomic E-state index is 0.0799. The Hall–Kier alpha value is -1.55. The lowest BCUT2D eigenvalue weighted by Crippen LogP contribution is -2.22. The predicted octanol–water partition coefficient (Wildman–Crippen LogP) is 1.83. The molecule has 1 N–H and O–H groups in total. The Morgan fingerprint density at radius 3 is 2.06 bits per heavy atom. The molecular weight excluding hydrogens is 216 g/mol. The van der Waals surface area contributed by atoms with Gasteiger partial charge in [0.15, 0.2) is 0 Å². The van der Waals surface area contributed by atoms with Crippen molar-refractivity contribution in [3.63, 3.8) is 0 Å². The molecule has 1 aromatic carbocycles. The number of nitrogens with zero attached hydrogens (tertiary/aromatic N) is 2. The van der Waals surface area contributed by atoms with Crippen molar-refractivity contribution in [2.24, 2.45) is 0 Å². The lowest BCUT2D eigenvalue weighted by atomic mass is 10.0. The summed E-state index contributed by atoms with van der Waals surface area (Å²) in [6.45, 7) is 0. The van der Waals surface area contributed by atoms with E-state index in [1.54, 1.807) is 0 Å². The van der Waals surface area contributed by atoms with Gasteiger partial charge < -0.3 is 14.9 Å². The van der Waals surface area contributed by atoms with Crippen molar-refractivity contribution in [2.75, 3.05) is 33.1 Å². The van der Waals surface area contributed by atoms with Gasteiger partial charge in [-0.25, -0.2) is 0 Å². The summed E-state index contributed by atoms with van der Waals surface area (Å²) >= 11 is 0. The first-order valence-electron chi connectivity index (χ1n) is 5.57. The zero-order valence-corrected chi connectivity index (χ0v) is 10.8. The molecule has 0 aliphatic heterocycles. The highest BCUT2D eigenvalue weighted by Gasteiger charge is 2.17. The van der Waals surface area contributed by atoms with Crippen LogP contribution in [0.25, 0.3) is 0 Å². The van der Waals surface area contributed by atoms with Crippen LogP contribution in [0.5, 0.6) is 0 Å². The third-order valence-corrected chi connectivity index (χ3v) is 2.79. The standard InChI is InChI=1S/C13H20N2O2/c1-14(2)11-7-5-10(6-8-11)12(15(3)4)9-13(16)17/h5-8,12H,9H2,1-4H3,(H,16,17). The highest BCUT2D eigenvalue weighted by Crippen LogP contribution is 2.24. The van der Waals surface area contributed by atoms with Gasteiger partial charge in [0, 0.05) is 25.8 Å². The van der Waals surface area contributed by atoms with Crippen LogP contribution in [-0.2, 0) is 4.79 Å². The Kier molecular flexibility index (Phi) is 4.52. The van der Waals surface area contributed by atoms with Crippen LogP contribution in [0.2, 0.25) is 0 Å². The molecule has 0 aliphatic rings. The summed E-state index contributed by atoms with van der Waals surface area (Å²) < 4.78 is 0. The van der Waals surface area contributed by atoms with Crippen LogP contribution in [0.1, 0.15) is 18.0 Å². The lowest BCUT2D eigenvalue weighted by molar-refractivity contribution is -0.138. The molecule has 1 rings (SSSR count). The monoisotopic (exact) mass is 236 g/mol. The fraction of sp³-hybridized carbons (Fsp3) is 0.462. The summed E-state index contributed by atoms with van der Waals surface area (Å²) in [7, 11) is 7.76. The van der Waals surface area contributed by atoms with Crippen LogP contribution in [0, 0.1) is 0 Å². The minimum atomic E-state index is -0.777. The molecular formula is C13H20N2O2. The van der Waals surface area contributed by atoms with Gasteiger partial charge in [0.2, 0.25) is 0 Å². The maximum absolute atomic E-state index is 10.8. The molecule has 0 amide bonds.